The van der Waals surface area contributed by atoms with Crippen molar-refractivity contribution in [2.45, 2.75) is 38.5 Å². The fourth-order valence-electron chi connectivity index (χ4n) is 3.02. The molecule has 3 rings (SSSR count). The average Bonchev–Trinajstić information content (AvgIpc) is 3.18. The van der Waals surface area contributed by atoms with E-state index in [9.17, 15) is 4.79 Å². The van der Waals surface area contributed by atoms with Crippen LogP contribution in [0.5, 0.6) is 0 Å². The lowest BCUT2D eigenvalue weighted by atomic mass is 10.0. The fourth-order valence-corrected chi connectivity index (χ4v) is 3.02. The molecular weight excluding hydrogens is 238 g/mol. The molecular formula is C16H19NO2. The number of aliphatic carboxylic acids is 1. The lowest BCUT2D eigenvalue weighted by molar-refractivity contribution is -0.136. The fraction of sp³-hybridized carbons (Fsp3) is 0.438. The van der Waals surface area contributed by atoms with Crippen LogP contribution in [0.3, 0.4) is 0 Å². The summed E-state index contributed by atoms with van der Waals surface area (Å²) in [6.45, 7) is 2.09. The summed E-state index contributed by atoms with van der Waals surface area (Å²) in [6.07, 6.45) is 3.39. The van der Waals surface area contributed by atoms with Crippen molar-refractivity contribution in [3.63, 3.8) is 0 Å². The zero-order chi connectivity index (χ0) is 13.6. The molecule has 3 heteroatoms. The maximum Gasteiger partial charge on any atom is 0.303 e. The number of fused-ring (bicyclic) bond motifs is 1. The minimum Gasteiger partial charge on any atom is -0.481 e. The molecule has 0 bridgehead atoms. The van der Waals surface area contributed by atoms with E-state index in [0.717, 1.165) is 0 Å². The summed E-state index contributed by atoms with van der Waals surface area (Å²) in [7, 11) is 2.09. The zero-order valence-corrected chi connectivity index (χ0v) is 11.4. The van der Waals surface area contributed by atoms with Crippen LogP contribution in [0.1, 0.15) is 42.0 Å². The number of hydrogen-bond donors (Lipinski definition) is 1. The molecule has 0 spiro atoms. The maximum atomic E-state index is 10.8. The van der Waals surface area contributed by atoms with Gasteiger partial charge in [0.05, 0.1) is 5.52 Å². The molecule has 1 N–H and O–H groups in total. The van der Waals surface area contributed by atoms with Crippen molar-refractivity contribution in [3.8, 4) is 0 Å². The molecule has 0 saturated heterocycles. The van der Waals surface area contributed by atoms with Gasteiger partial charge in [-0.3, -0.25) is 4.79 Å². The molecule has 0 amide bonds. The smallest absolute Gasteiger partial charge is 0.303 e. The van der Waals surface area contributed by atoms with Crippen LogP contribution >= 0.6 is 0 Å². The van der Waals surface area contributed by atoms with Crippen LogP contribution in [0.25, 0.3) is 10.9 Å². The Morgan fingerprint density at radius 1 is 1.42 bits per heavy atom. The van der Waals surface area contributed by atoms with E-state index in [1.807, 2.05) is 0 Å². The minimum absolute atomic E-state index is 0.202. The number of nitrogens with zero attached hydrogens (tertiary/aromatic N) is 1. The lowest BCUT2D eigenvalue weighted by Crippen LogP contribution is -1.99. The number of benzene rings is 1. The monoisotopic (exact) mass is 257 g/mol. The molecule has 1 heterocycles. The van der Waals surface area contributed by atoms with E-state index in [0.29, 0.717) is 12.3 Å². The molecule has 1 fully saturated rings. The van der Waals surface area contributed by atoms with Crippen LogP contribution in [0.15, 0.2) is 18.2 Å². The van der Waals surface area contributed by atoms with Crippen molar-refractivity contribution in [3.05, 3.63) is 35.0 Å². The standard InChI is InChI=1S/C16H19NO2/c1-10-12(8-9-15(18)19)14-5-3-4-13(11-6-7-11)16(14)17(10)2/h3-5,11H,6-9H2,1-2H3,(H,18,19). The van der Waals surface area contributed by atoms with Gasteiger partial charge < -0.3 is 9.67 Å². The van der Waals surface area contributed by atoms with Crippen LogP contribution in [0, 0.1) is 6.92 Å². The largest absolute Gasteiger partial charge is 0.481 e. The summed E-state index contributed by atoms with van der Waals surface area (Å²) in [5, 5.41) is 10.1. The van der Waals surface area contributed by atoms with E-state index in [1.165, 1.54) is 40.6 Å². The second-order valence-corrected chi connectivity index (χ2v) is 5.53. The van der Waals surface area contributed by atoms with E-state index in [1.54, 1.807) is 0 Å². The zero-order valence-electron chi connectivity index (χ0n) is 11.4. The van der Waals surface area contributed by atoms with Gasteiger partial charge in [-0.1, -0.05) is 18.2 Å². The van der Waals surface area contributed by atoms with Crippen molar-refractivity contribution in [1.82, 2.24) is 4.57 Å². The second kappa shape index (κ2) is 4.41. The van der Waals surface area contributed by atoms with Gasteiger partial charge >= 0.3 is 5.97 Å². The van der Waals surface area contributed by atoms with Crippen molar-refractivity contribution >= 4 is 16.9 Å². The Morgan fingerprint density at radius 2 is 2.16 bits per heavy atom. The van der Waals surface area contributed by atoms with Crippen LogP contribution in [0.2, 0.25) is 0 Å². The van der Waals surface area contributed by atoms with Crippen LogP contribution in [0.4, 0.5) is 0 Å². The van der Waals surface area contributed by atoms with Gasteiger partial charge in [0.15, 0.2) is 0 Å². The summed E-state index contributed by atoms with van der Waals surface area (Å²) >= 11 is 0. The Hall–Kier alpha value is -1.77. The first-order valence-electron chi connectivity index (χ1n) is 6.88. The third kappa shape index (κ3) is 2.03. The number of carboxylic acid groups (broad SMARTS) is 1. The first kappa shape index (κ1) is 12.3. The molecule has 0 atom stereocenters. The minimum atomic E-state index is -0.727. The highest BCUT2D eigenvalue weighted by Crippen LogP contribution is 2.44. The molecule has 1 aromatic heterocycles. The topological polar surface area (TPSA) is 42.2 Å². The van der Waals surface area contributed by atoms with E-state index in [-0.39, 0.29) is 6.42 Å². The number of para-hydroxylation sites is 1. The van der Waals surface area contributed by atoms with Gasteiger partial charge in [-0.15, -0.1) is 0 Å². The molecule has 0 aliphatic heterocycles. The second-order valence-electron chi connectivity index (χ2n) is 5.53. The molecule has 0 unspecified atom stereocenters. The van der Waals surface area contributed by atoms with Crippen molar-refractivity contribution in [2.24, 2.45) is 7.05 Å². The van der Waals surface area contributed by atoms with E-state index < -0.39 is 5.97 Å². The molecule has 3 nitrogen and oxygen atoms in total. The Morgan fingerprint density at radius 3 is 2.79 bits per heavy atom. The predicted octanol–water partition coefficient (Wildman–Crippen LogP) is 3.38. The summed E-state index contributed by atoms with van der Waals surface area (Å²) in [5.41, 5.74) is 5.14. The van der Waals surface area contributed by atoms with Crippen molar-refractivity contribution in [2.75, 3.05) is 0 Å². The SMILES string of the molecule is Cc1c(CCC(=O)O)c2cccc(C3CC3)c2n1C. The summed E-state index contributed by atoms with van der Waals surface area (Å²) in [5.74, 6) is -0.0150. The van der Waals surface area contributed by atoms with Gasteiger partial charge in [0.2, 0.25) is 0 Å². The highest BCUT2D eigenvalue weighted by molar-refractivity contribution is 5.89. The van der Waals surface area contributed by atoms with Gasteiger partial charge in [0.25, 0.3) is 0 Å². The third-order valence-electron chi connectivity index (χ3n) is 4.27. The molecule has 0 radical (unpaired) electrons. The quantitative estimate of drug-likeness (QED) is 0.912. The Balaban J connectivity index is 2.14. The molecule has 1 aliphatic carbocycles. The Kier molecular flexibility index (Phi) is 2.85. The average molecular weight is 257 g/mol. The number of rotatable bonds is 4. The van der Waals surface area contributed by atoms with E-state index >= 15 is 0 Å². The van der Waals surface area contributed by atoms with Crippen LogP contribution < -0.4 is 0 Å². The Bertz CT molecular complexity index is 650. The molecule has 1 aromatic carbocycles. The van der Waals surface area contributed by atoms with Gasteiger partial charge in [0, 0.05) is 24.5 Å². The highest BCUT2D eigenvalue weighted by atomic mass is 16.4. The normalized spacial score (nSPS) is 15.1. The first-order chi connectivity index (χ1) is 9.09. The summed E-state index contributed by atoms with van der Waals surface area (Å²) in [6, 6.07) is 6.46. The lowest BCUT2D eigenvalue weighted by Gasteiger charge is -2.05. The number of carbonyl (C=O) groups is 1. The van der Waals surface area contributed by atoms with Crippen molar-refractivity contribution in [1.29, 1.82) is 0 Å². The van der Waals surface area contributed by atoms with E-state index in [2.05, 4.69) is 36.7 Å². The predicted molar refractivity (Wildman–Crippen MR) is 75.6 cm³/mol. The number of aryl methyl sites for hydroxylation is 2. The van der Waals surface area contributed by atoms with Gasteiger partial charge in [-0.2, -0.15) is 0 Å². The maximum absolute atomic E-state index is 10.8. The van der Waals surface area contributed by atoms with Gasteiger partial charge in [0.1, 0.15) is 0 Å². The molecule has 2 aromatic rings. The number of carboxylic acids is 1. The molecule has 1 aliphatic rings. The molecule has 100 valence electrons. The number of aromatic nitrogens is 1. The molecule has 1 saturated carbocycles. The van der Waals surface area contributed by atoms with E-state index in [4.69, 9.17) is 5.11 Å². The first-order valence-corrected chi connectivity index (χ1v) is 6.88. The van der Waals surface area contributed by atoms with Gasteiger partial charge in [-0.25, -0.2) is 0 Å². The van der Waals surface area contributed by atoms with Crippen LogP contribution in [-0.4, -0.2) is 15.6 Å². The summed E-state index contributed by atoms with van der Waals surface area (Å²) < 4.78 is 2.24. The molecule has 19 heavy (non-hydrogen) atoms. The third-order valence-corrected chi connectivity index (χ3v) is 4.27. The Labute approximate surface area is 112 Å². The number of hydrogen-bond acceptors (Lipinski definition) is 1. The summed E-state index contributed by atoms with van der Waals surface area (Å²) in [4.78, 5) is 10.8. The highest BCUT2D eigenvalue weighted by Gasteiger charge is 2.27. The van der Waals surface area contributed by atoms with Crippen molar-refractivity contribution < 1.29 is 9.90 Å². The van der Waals surface area contributed by atoms with Crippen LogP contribution in [-0.2, 0) is 18.3 Å². The van der Waals surface area contributed by atoms with Gasteiger partial charge in [-0.05, 0) is 43.2 Å².